The number of hydrogen-bond acceptors (Lipinski definition) is 3. The minimum Gasteiger partial charge on any atom is -0.378 e. The largest absolute Gasteiger partial charge is 0.378 e. The summed E-state index contributed by atoms with van der Waals surface area (Å²) < 4.78 is 5.58. The van der Waals surface area contributed by atoms with Crippen LogP contribution in [0.25, 0.3) is 0 Å². The third kappa shape index (κ3) is 3.23. The lowest BCUT2D eigenvalue weighted by molar-refractivity contribution is -0.136. The lowest BCUT2D eigenvalue weighted by Crippen LogP contribution is -2.52. The van der Waals surface area contributed by atoms with Crippen LogP contribution in [-0.4, -0.2) is 49.2 Å². The molecular weight excluding hydrogens is 228 g/mol. The van der Waals surface area contributed by atoms with Crippen molar-refractivity contribution in [2.75, 3.05) is 26.2 Å². The molecule has 1 N–H and O–H groups in total. The summed E-state index contributed by atoms with van der Waals surface area (Å²) in [7, 11) is 0. The van der Waals surface area contributed by atoms with Gasteiger partial charge in [0.1, 0.15) is 0 Å². The number of hydrogen-bond donors (Lipinski definition) is 1. The molecule has 2 aliphatic rings. The van der Waals surface area contributed by atoms with Gasteiger partial charge in [-0.25, -0.2) is 0 Å². The molecule has 18 heavy (non-hydrogen) atoms. The van der Waals surface area contributed by atoms with E-state index in [9.17, 15) is 4.79 Å². The van der Waals surface area contributed by atoms with Gasteiger partial charge in [-0.2, -0.15) is 0 Å². The summed E-state index contributed by atoms with van der Waals surface area (Å²) in [5, 5.41) is 3.36. The fourth-order valence-corrected chi connectivity index (χ4v) is 2.93. The Labute approximate surface area is 110 Å². The highest BCUT2D eigenvalue weighted by molar-refractivity contribution is 5.82. The number of amides is 1. The van der Waals surface area contributed by atoms with E-state index in [1.807, 2.05) is 4.90 Å². The summed E-state index contributed by atoms with van der Waals surface area (Å²) in [4.78, 5) is 14.4. The molecule has 4 heteroatoms. The van der Waals surface area contributed by atoms with Gasteiger partial charge in [-0.05, 0) is 39.2 Å². The second-order valence-corrected chi connectivity index (χ2v) is 5.56. The van der Waals surface area contributed by atoms with Crippen molar-refractivity contribution in [2.24, 2.45) is 5.92 Å². The van der Waals surface area contributed by atoms with Crippen LogP contribution < -0.4 is 5.32 Å². The fraction of sp³-hybridized carbons (Fsp3) is 0.929. The number of nitrogens with zero attached hydrogens (tertiary/aromatic N) is 1. The maximum absolute atomic E-state index is 12.3. The van der Waals surface area contributed by atoms with Crippen molar-refractivity contribution in [3.8, 4) is 0 Å². The molecule has 2 fully saturated rings. The van der Waals surface area contributed by atoms with Gasteiger partial charge < -0.3 is 15.0 Å². The molecule has 0 bridgehead atoms. The zero-order valence-corrected chi connectivity index (χ0v) is 11.7. The maximum Gasteiger partial charge on any atom is 0.239 e. The van der Waals surface area contributed by atoms with Crippen molar-refractivity contribution in [3.05, 3.63) is 0 Å². The lowest BCUT2D eigenvalue weighted by atomic mass is 9.98. The van der Waals surface area contributed by atoms with Crippen LogP contribution in [-0.2, 0) is 9.53 Å². The summed E-state index contributed by atoms with van der Waals surface area (Å²) in [5.74, 6) is 0.827. The standard InChI is InChI=1S/C14H26N2O2/c1-3-7-15-13-5-4-8-16(14(13)17)10-12-6-9-18-11(12)2/h11-13,15H,3-10H2,1-2H3. The first-order chi connectivity index (χ1) is 8.72. The molecule has 2 heterocycles. The highest BCUT2D eigenvalue weighted by Gasteiger charge is 2.32. The van der Waals surface area contributed by atoms with Crippen molar-refractivity contribution in [3.63, 3.8) is 0 Å². The van der Waals surface area contributed by atoms with Crippen LogP contribution in [0.5, 0.6) is 0 Å². The fourth-order valence-electron chi connectivity index (χ4n) is 2.93. The van der Waals surface area contributed by atoms with E-state index < -0.39 is 0 Å². The van der Waals surface area contributed by atoms with E-state index in [1.165, 1.54) is 0 Å². The molecule has 0 saturated carbocycles. The second-order valence-electron chi connectivity index (χ2n) is 5.56. The van der Waals surface area contributed by atoms with E-state index in [4.69, 9.17) is 4.74 Å². The number of likely N-dealkylation sites (tertiary alicyclic amines) is 1. The van der Waals surface area contributed by atoms with Crippen LogP contribution in [0.4, 0.5) is 0 Å². The van der Waals surface area contributed by atoms with E-state index in [2.05, 4.69) is 19.2 Å². The van der Waals surface area contributed by atoms with Gasteiger partial charge in [0.05, 0.1) is 12.1 Å². The van der Waals surface area contributed by atoms with Gasteiger partial charge in [0.2, 0.25) is 5.91 Å². The third-order valence-corrected chi connectivity index (χ3v) is 4.16. The summed E-state index contributed by atoms with van der Waals surface area (Å²) in [6.45, 7) is 7.85. The highest BCUT2D eigenvalue weighted by atomic mass is 16.5. The number of rotatable bonds is 5. The molecule has 3 atom stereocenters. The van der Waals surface area contributed by atoms with Gasteiger partial charge >= 0.3 is 0 Å². The first kappa shape index (κ1) is 13.8. The Kier molecular flexibility index (Phi) is 5.01. The molecule has 1 amide bonds. The van der Waals surface area contributed by atoms with Crippen molar-refractivity contribution in [1.82, 2.24) is 10.2 Å². The van der Waals surface area contributed by atoms with Crippen molar-refractivity contribution in [2.45, 2.75) is 51.7 Å². The SMILES string of the molecule is CCCNC1CCCN(CC2CCOC2C)C1=O. The molecule has 104 valence electrons. The summed E-state index contributed by atoms with van der Waals surface area (Å²) >= 11 is 0. The first-order valence-electron chi connectivity index (χ1n) is 7.36. The van der Waals surface area contributed by atoms with Gasteiger partial charge in [-0.3, -0.25) is 4.79 Å². The van der Waals surface area contributed by atoms with Crippen molar-refractivity contribution >= 4 is 5.91 Å². The second kappa shape index (κ2) is 6.53. The molecule has 2 saturated heterocycles. The molecule has 3 unspecified atom stereocenters. The number of nitrogens with one attached hydrogen (secondary N) is 1. The first-order valence-corrected chi connectivity index (χ1v) is 7.36. The van der Waals surface area contributed by atoms with Crippen LogP contribution in [0, 0.1) is 5.92 Å². The minimum absolute atomic E-state index is 0.0522. The van der Waals surface area contributed by atoms with Crippen LogP contribution >= 0.6 is 0 Å². The Morgan fingerprint density at radius 3 is 2.94 bits per heavy atom. The van der Waals surface area contributed by atoms with Gasteiger partial charge in [0.25, 0.3) is 0 Å². The Morgan fingerprint density at radius 1 is 1.44 bits per heavy atom. The van der Waals surface area contributed by atoms with E-state index >= 15 is 0 Å². The molecule has 0 spiro atoms. The normalized spacial score (nSPS) is 33.1. The molecule has 0 aromatic carbocycles. The van der Waals surface area contributed by atoms with Crippen LogP contribution in [0.2, 0.25) is 0 Å². The quantitative estimate of drug-likeness (QED) is 0.806. The van der Waals surface area contributed by atoms with Gasteiger partial charge in [0.15, 0.2) is 0 Å². The van der Waals surface area contributed by atoms with Crippen LogP contribution in [0.1, 0.15) is 39.5 Å². The predicted molar refractivity (Wildman–Crippen MR) is 71.4 cm³/mol. The van der Waals surface area contributed by atoms with Crippen LogP contribution in [0.3, 0.4) is 0 Å². The summed E-state index contributed by atoms with van der Waals surface area (Å²) in [5.41, 5.74) is 0. The lowest BCUT2D eigenvalue weighted by Gasteiger charge is -2.34. The Morgan fingerprint density at radius 2 is 2.28 bits per heavy atom. The zero-order chi connectivity index (χ0) is 13.0. The third-order valence-electron chi connectivity index (χ3n) is 4.16. The molecule has 2 aliphatic heterocycles. The zero-order valence-electron chi connectivity index (χ0n) is 11.7. The molecule has 0 aromatic heterocycles. The summed E-state index contributed by atoms with van der Waals surface area (Å²) in [6, 6.07) is 0.0522. The smallest absolute Gasteiger partial charge is 0.239 e. The van der Waals surface area contributed by atoms with E-state index in [0.29, 0.717) is 17.9 Å². The van der Waals surface area contributed by atoms with Gasteiger partial charge in [-0.1, -0.05) is 6.92 Å². The number of carbonyl (C=O) groups is 1. The minimum atomic E-state index is 0.0522. The van der Waals surface area contributed by atoms with Gasteiger partial charge in [0, 0.05) is 25.6 Å². The molecule has 0 aliphatic carbocycles. The Balaban J connectivity index is 1.85. The number of carbonyl (C=O) groups excluding carboxylic acids is 1. The van der Waals surface area contributed by atoms with E-state index in [0.717, 1.165) is 51.9 Å². The average molecular weight is 254 g/mol. The molecule has 0 aromatic rings. The van der Waals surface area contributed by atoms with E-state index in [-0.39, 0.29) is 6.04 Å². The number of ether oxygens (including phenoxy) is 1. The molecule has 0 radical (unpaired) electrons. The number of piperidine rings is 1. The summed E-state index contributed by atoms with van der Waals surface area (Å²) in [6.07, 6.45) is 4.60. The van der Waals surface area contributed by atoms with Crippen LogP contribution in [0.15, 0.2) is 0 Å². The molecule has 2 rings (SSSR count). The highest BCUT2D eigenvalue weighted by Crippen LogP contribution is 2.23. The average Bonchev–Trinajstić information content (AvgIpc) is 2.76. The van der Waals surface area contributed by atoms with Crippen molar-refractivity contribution in [1.29, 1.82) is 0 Å². The Hall–Kier alpha value is -0.610. The van der Waals surface area contributed by atoms with Gasteiger partial charge in [-0.15, -0.1) is 0 Å². The maximum atomic E-state index is 12.3. The monoisotopic (exact) mass is 254 g/mol. The Bertz CT molecular complexity index is 283. The molecule has 4 nitrogen and oxygen atoms in total. The van der Waals surface area contributed by atoms with E-state index in [1.54, 1.807) is 0 Å². The molecular formula is C14H26N2O2. The van der Waals surface area contributed by atoms with Crippen molar-refractivity contribution < 1.29 is 9.53 Å². The predicted octanol–water partition coefficient (Wildman–Crippen LogP) is 1.40. The topological polar surface area (TPSA) is 41.6 Å².